The molecule has 0 aromatic rings. The third-order valence-corrected chi connectivity index (χ3v) is 3.63. The lowest BCUT2D eigenvalue weighted by Crippen LogP contribution is -2.28. The number of nitrogens with one attached hydrogen (secondary N) is 1. The highest BCUT2D eigenvalue weighted by Gasteiger charge is 2.15. The predicted molar refractivity (Wildman–Crippen MR) is 70.7 cm³/mol. The molecule has 1 unspecified atom stereocenters. The second-order valence-corrected chi connectivity index (χ2v) is 6.30. The second kappa shape index (κ2) is 7.96. The molecule has 0 aliphatic carbocycles. The van der Waals surface area contributed by atoms with Gasteiger partial charge in [-0.25, -0.2) is 0 Å². The Morgan fingerprint density at radius 3 is 2.62 bits per heavy atom. The Morgan fingerprint density at radius 2 is 2.12 bits per heavy atom. The van der Waals surface area contributed by atoms with Gasteiger partial charge in [0.2, 0.25) is 5.91 Å². The van der Waals surface area contributed by atoms with Crippen molar-refractivity contribution < 1.29 is 9.90 Å². The van der Waals surface area contributed by atoms with Crippen LogP contribution in [-0.2, 0) is 4.79 Å². The Labute approximate surface area is 103 Å². The molecule has 16 heavy (non-hydrogen) atoms. The van der Waals surface area contributed by atoms with Gasteiger partial charge in [-0.3, -0.25) is 4.79 Å². The van der Waals surface area contributed by atoms with Gasteiger partial charge in [0, 0.05) is 24.8 Å². The summed E-state index contributed by atoms with van der Waals surface area (Å²) in [6.07, 6.45) is 4.46. The van der Waals surface area contributed by atoms with Crippen LogP contribution in [-0.4, -0.2) is 35.7 Å². The van der Waals surface area contributed by atoms with Gasteiger partial charge in [-0.15, -0.1) is 0 Å². The van der Waals surface area contributed by atoms with Crippen molar-refractivity contribution in [1.82, 2.24) is 5.32 Å². The van der Waals surface area contributed by atoms with Gasteiger partial charge < -0.3 is 10.4 Å². The van der Waals surface area contributed by atoms with E-state index >= 15 is 0 Å². The van der Waals surface area contributed by atoms with E-state index < -0.39 is 0 Å². The molecule has 0 aliphatic heterocycles. The molecule has 0 saturated heterocycles. The number of amides is 1. The molecule has 0 saturated carbocycles. The van der Waals surface area contributed by atoms with Crippen LogP contribution in [0.1, 0.15) is 40.0 Å². The van der Waals surface area contributed by atoms with Crippen LogP contribution in [0.25, 0.3) is 0 Å². The molecule has 0 spiro atoms. The van der Waals surface area contributed by atoms with Crippen molar-refractivity contribution in [3.63, 3.8) is 0 Å². The molecule has 1 atom stereocenters. The predicted octanol–water partition coefficient (Wildman–Crippen LogP) is 2.04. The molecular weight excluding hydrogens is 222 g/mol. The summed E-state index contributed by atoms with van der Waals surface area (Å²) in [4.78, 5) is 11.4. The van der Waals surface area contributed by atoms with Gasteiger partial charge in [-0.1, -0.05) is 20.8 Å². The van der Waals surface area contributed by atoms with Gasteiger partial charge in [0.05, 0.1) is 0 Å². The quantitative estimate of drug-likeness (QED) is 0.645. The SMILES string of the molecule is CSC(C)CC(=O)NCCCC(C)(C)CO. The molecule has 0 fully saturated rings. The average Bonchev–Trinajstić information content (AvgIpc) is 2.24. The zero-order valence-corrected chi connectivity index (χ0v) is 11.7. The van der Waals surface area contributed by atoms with Crippen LogP contribution in [0.2, 0.25) is 0 Å². The smallest absolute Gasteiger partial charge is 0.221 e. The summed E-state index contributed by atoms with van der Waals surface area (Å²) >= 11 is 1.71. The first-order chi connectivity index (χ1) is 7.41. The summed E-state index contributed by atoms with van der Waals surface area (Å²) in [6.45, 7) is 7.03. The van der Waals surface area contributed by atoms with Crippen molar-refractivity contribution in [2.75, 3.05) is 19.4 Å². The topological polar surface area (TPSA) is 49.3 Å². The highest BCUT2D eigenvalue weighted by molar-refractivity contribution is 7.99. The maximum atomic E-state index is 11.4. The minimum atomic E-state index is -0.0305. The fourth-order valence-corrected chi connectivity index (χ4v) is 1.61. The Bertz CT molecular complexity index is 207. The van der Waals surface area contributed by atoms with E-state index in [1.54, 1.807) is 11.8 Å². The van der Waals surface area contributed by atoms with Crippen molar-refractivity contribution in [3.05, 3.63) is 0 Å². The lowest BCUT2D eigenvalue weighted by molar-refractivity contribution is -0.121. The molecule has 0 aromatic carbocycles. The first-order valence-electron chi connectivity index (χ1n) is 5.81. The largest absolute Gasteiger partial charge is 0.396 e. The molecular formula is C12H25NO2S. The number of carbonyl (C=O) groups is 1. The van der Waals surface area contributed by atoms with E-state index in [1.165, 1.54) is 0 Å². The van der Waals surface area contributed by atoms with E-state index in [1.807, 2.05) is 20.1 Å². The Hall–Kier alpha value is -0.220. The highest BCUT2D eigenvalue weighted by atomic mass is 32.2. The lowest BCUT2D eigenvalue weighted by atomic mass is 9.89. The molecule has 0 bridgehead atoms. The van der Waals surface area contributed by atoms with E-state index in [9.17, 15) is 4.79 Å². The van der Waals surface area contributed by atoms with Crippen molar-refractivity contribution in [3.8, 4) is 0 Å². The third-order valence-electron chi connectivity index (χ3n) is 2.66. The van der Waals surface area contributed by atoms with Crippen LogP contribution in [0.5, 0.6) is 0 Å². The summed E-state index contributed by atoms with van der Waals surface area (Å²) in [5, 5.41) is 12.4. The first kappa shape index (κ1) is 15.8. The van der Waals surface area contributed by atoms with Crippen molar-refractivity contribution in [2.45, 2.75) is 45.3 Å². The molecule has 0 aromatic heterocycles. The molecule has 2 N–H and O–H groups in total. The molecule has 0 aliphatic rings. The molecule has 0 rings (SSSR count). The summed E-state index contributed by atoms with van der Waals surface area (Å²) in [5.74, 6) is 0.128. The zero-order chi connectivity index (χ0) is 12.6. The lowest BCUT2D eigenvalue weighted by Gasteiger charge is -2.21. The summed E-state index contributed by atoms with van der Waals surface area (Å²) in [7, 11) is 0. The maximum absolute atomic E-state index is 11.4. The van der Waals surface area contributed by atoms with Crippen molar-refractivity contribution in [1.29, 1.82) is 0 Å². The number of rotatable bonds is 8. The maximum Gasteiger partial charge on any atom is 0.221 e. The summed E-state index contributed by atoms with van der Waals surface area (Å²) < 4.78 is 0. The fourth-order valence-electron chi connectivity index (χ4n) is 1.29. The van der Waals surface area contributed by atoms with Crippen molar-refractivity contribution in [2.24, 2.45) is 5.41 Å². The summed E-state index contributed by atoms with van der Waals surface area (Å²) in [6, 6.07) is 0. The van der Waals surface area contributed by atoms with E-state index in [4.69, 9.17) is 5.11 Å². The van der Waals surface area contributed by atoms with E-state index in [2.05, 4.69) is 12.2 Å². The van der Waals surface area contributed by atoms with Crippen LogP contribution in [0.4, 0.5) is 0 Å². The number of carbonyl (C=O) groups excluding carboxylic acids is 1. The fraction of sp³-hybridized carbons (Fsp3) is 0.917. The van der Waals surface area contributed by atoms with Crippen LogP contribution in [0.15, 0.2) is 0 Å². The molecule has 1 amide bonds. The molecule has 4 heteroatoms. The van der Waals surface area contributed by atoms with Gasteiger partial charge >= 0.3 is 0 Å². The number of hydrogen-bond donors (Lipinski definition) is 2. The van der Waals surface area contributed by atoms with E-state index in [-0.39, 0.29) is 17.9 Å². The molecule has 0 heterocycles. The number of thioether (sulfide) groups is 1. The normalized spacial score (nSPS) is 13.6. The Kier molecular flexibility index (Phi) is 7.85. The first-order valence-corrected chi connectivity index (χ1v) is 7.10. The highest BCUT2D eigenvalue weighted by Crippen LogP contribution is 2.20. The number of aliphatic hydroxyl groups is 1. The molecule has 0 radical (unpaired) electrons. The van der Waals surface area contributed by atoms with Crippen LogP contribution < -0.4 is 5.32 Å². The minimum absolute atomic E-state index is 0.0305. The number of hydrogen-bond acceptors (Lipinski definition) is 3. The third kappa shape index (κ3) is 7.99. The van der Waals surface area contributed by atoms with Crippen molar-refractivity contribution >= 4 is 17.7 Å². The van der Waals surface area contributed by atoms with Crippen LogP contribution in [0, 0.1) is 5.41 Å². The standard InChI is InChI=1S/C12H25NO2S/c1-10(16-4)8-11(15)13-7-5-6-12(2,3)9-14/h10,14H,5-9H2,1-4H3,(H,13,15). The Morgan fingerprint density at radius 1 is 1.50 bits per heavy atom. The van der Waals surface area contributed by atoms with Gasteiger partial charge in [0.1, 0.15) is 0 Å². The van der Waals surface area contributed by atoms with Gasteiger partial charge in [0.25, 0.3) is 0 Å². The minimum Gasteiger partial charge on any atom is -0.396 e. The Balaban J connectivity index is 3.56. The summed E-state index contributed by atoms with van der Waals surface area (Å²) in [5.41, 5.74) is -0.0305. The zero-order valence-electron chi connectivity index (χ0n) is 10.9. The van der Waals surface area contributed by atoms with Gasteiger partial charge in [0.15, 0.2) is 0 Å². The monoisotopic (exact) mass is 247 g/mol. The van der Waals surface area contributed by atoms with Crippen LogP contribution in [0.3, 0.4) is 0 Å². The van der Waals surface area contributed by atoms with E-state index in [0.717, 1.165) is 12.8 Å². The average molecular weight is 247 g/mol. The molecule has 96 valence electrons. The number of aliphatic hydroxyl groups excluding tert-OH is 1. The van der Waals surface area contributed by atoms with Gasteiger partial charge in [-0.05, 0) is 24.5 Å². The second-order valence-electron chi connectivity index (χ2n) is 5.03. The molecule has 3 nitrogen and oxygen atoms in total. The van der Waals surface area contributed by atoms with E-state index in [0.29, 0.717) is 18.2 Å². The van der Waals surface area contributed by atoms with Crippen LogP contribution >= 0.6 is 11.8 Å². The van der Waals surface area contributed by atoms with Gasteiger partial charge in [-0.2, -0.15) is 11.8 Å².